The summed E-state index contributed by atoms with van der Waals surface area (Å²) in [4.78, 5) is 11.1. The summed E-state index contributed by atoms with van der Waals surface area (Å²) in [6, 6.07) is 17.8. The number of carboxylic acids is 1. The number of carboxylic acid groups (broad SMARTS) is 1. The third-order valence-corrected chi connectivity index (χ3v) is 4.28. The standard InChI is InChI=1S/C17H13NO2S.BrH/c19-17(20)12-18-14-8-4-5-9-15(14)21-16(18)11-10-13-6-2-1-3-7-13;/h1-11H,12H2;1H/p+1/b11-10+;. The molecule has 3 nitrogen and oxygen atoms in total. The van der Waals surface area contributed by atoms with Crippen LogP contribution in [-0.4, -0.2) is 11.1 Å². The first-order valence-electron chi connectivity index (χ1n) is 6.60. The Balaban J connectivity index is 0.00000176. The average molecular weight is 377 g/mol. The Bertz CT molecular complexity index is 812. The van der Waals surface area contributed by atoms with Crippen molar-refractivity contribution in [3.05, 3.63) is 65.2 Å². The van der Waals surface area contributed by atoms with Gasteiger partial charge in [0.2, 0.25) is 12.1 Å². The fourth-order valence-electron chi connectivity index (χ4n) is 2.21. The first-order chi connectivity index (χ1) is 10.2. The monoisotopic (exact) mass is 376 g/mol. The van der Waals surface area contributed by atoms with Gasteiger partial charge in [0, 0.05) is 12.1 Å². The molecule has 0 aliphatic carbocycles. The molecule has 3 rings (SSSR count). The molecule has 0 saturated carbocycles. The third-order valence-electron chi connectivity index (χ3n) is 3.15. The Morgan fingerprint density at radius 3 is 2.45 bits per heavy atom. The van der Waals surface area contributed by atoms with Crippen molar-refractivity contribution in [1.29, 1.82) is 0 Å². The lowest BCUT2D eigenvalue weighted by Crippen LogP contribution is -2.39. The molecule has 1 N–H and O–H groups in total. The molecule has 112 valence electrons. The number of fused-ring (bicyclic) bond motifs is 1. The van der Waals surface area contributed by atoms with Crippen LogP contribution in [0.15, 0.2) is 54.6 Å². The fraction of sp³-hybridized carbons (Fsp3) is 0.0588. The van der Waals surface area contributed by atoms with Crippen LogP contribution in [0.25, 0.3) is 22.4 Å². The smallest absolute Gasteiger partial charge is 0.370 e. The first-order valence-corrected chi connectivity index (χ1v) is 7.42. The molecule has 0 saturated heterocycles. The van der Waals surface area contributed by atoms with Crippen molar-refractivity contribution < 1.29 is 14.5 Å². The lowest BCUT2D eigenvalue weighted by atomic mass is 10.2. The van der Waals surface area contributed by atoms with E-state index >= 15 is 0 Å². The maximum Gasteiger partial charge on any atom is 0.370 e. The van der Waals surface area contributed by atoms with E-state index in [4.69, 9.17) is 5.11 Å². The molecule has 1 heterocycles. The van der Waals surface area contributed by atoms with E-state index in [9.17, 15) is 4.79 Å². The molecule has 22 heavy (non-hydrogen) atoms. The summed E-state index contributed by atoms with van der Waals surface area (Å²) >= 11 is 1.60. The van der Waals surface area contributed by atoms with E-state index < -0.39 is 5.97 Å². The minimum absolute atomic E-state index is 0. The second-order valence-corrected chi connectivity index (χ2v) is 5.69. The number of hydrogen-bond donors (Lipinski definition) is 1. The van der Waals surface area contributed by atoms with Gasteiger partial charge in [-0.2, -0.15) is 4.57 Å². The highest BCUT2D eigenvalue weighted by atomic mass is 79.9. The second-order valence-electron chi connectivity index (χ2n) is 4.63. The van der Waals surface area contributed by atoms with Gasteiger partial charge in [-0.3, -0.25) is 0 Å². The molecule has 0 bridgehead atoms. The molecule has 0 fully saturated rings. The van der Waals surface area contributed by atoms with Gasteiger partial charge in [-0.1, -0.05) is 53.8 Å². The van der Waals surface area contributed by atoms with Crippen molar-refractivity contribution in [3.63, 3.8) is 0 Å². The lowest BCUT2D eigenvalue weighted by molar-refractivity contribution is -0.657. The zero-order valence-corrected chi connectivity index (χ0v) is 14.2. The summed E-state index contributed by atoms with van der Waals surface area (Å²) in [7, 11) is 0. The van der Waals surface area contributed by atoms with Gasteiger partial charge in [-0.15, -0.1) is 17.0 Å². The Hall–Kier alpha value is -1.98. The Labute approximate surface area is 142 Å². The molecule has 0 aliphatic heterocycles. The minimum atomic E-state index is -0.835. The Morgan fingerprint density at radius 1 is 1.05 bits per heavy atom. The summed E-state index contributed by atoms with van der Waals surface area (Å²) in [5, 5.41) is 10.0. The number of aromatic nitrogens is 1. The van der Waals surface area contributed by atoms with E-state index in [1.165, 1.54) is 0 Å². The first kappa shape index (κ1) is 16.4. The van der Waals surface area contributed by atoms with Crippen molar-refractivity contribution >= 4 is 56.7 Å². The highest BCUT2D eigenvalue weighted by Gasteiger charge is 2.20. The van der Waals surface area contributed by atoms with Crippen molar-refractivity contribution in [2.45, 2.75) is 6.54 Å². The molecule has 0 unspecified atom stereocenters. The number of carbonyl (C=O) groups is 1. The quantitative estimate of drug-likeness (QED) is 0.698. The largest absolute Gasteiger partial charge is 0.477 e. The molecular formula is C17H15BrNO2S+. The van der Waals surface area contributed by atoms with Gasteiger partial charge in [0.25, 0.3) is 5.01 Å². The average Bonchev–Trinajstić information content (AvgIpc) is 2.84. The summed E-state index contributed by atoms with van der Waals surface area (Å²) in [6.45, 7) is -0.0293. The third kappa shape index (κ3) is 3.61. The number of thiazole rings is 1. The molecule has 3 aromatic rings. The minimum Gasteiger partial charge on any atom is -0.477 e. The van der Waals surface area contributed by atoms with E-state index in [-0.39, 0.29) is 23.5 Å². The van der Waals surface area contributed by atoms with Crippen LogP contribution in [0, 0.1) is 0 Å². The number of nitrogens with zero attached hydrogens (tertiary/aromatic N) is 1. The van der Waals surface area contributed by atoms with E-state index in [1.54, 1.807) is 11.3 Å². The van der Waals surface area contributed by atoms with Gasteiger partial charge >= 0.3 is 5.97 Å². The molecule has 5 heteroatoms. The number of hydrogen-bond acceptors (Lipinski definition) is 2. The van der Waals surface area contributed by atoms with Gasteiger partial charge < -0.3 is 5.11 Å². The van der Waals surface area contributed by atoms with Crippen molar-refractivity contribution in [2.75, 3.05) is 0 Å². The number of aliphatic carboxylic acids is 1. The molecule has 0 aliphatic rings. The van der Waals surface area contributed by atoms with E-state index in [0.717, 1.165) is 20.8 Å². The van der Waals surface area contributed by atoms with Crippen LogP contribution in [0.5, 0.6) is 0 Å². The van der Waals surface area contributed by atoms with Gasteiger partial charge in [0.1, 0.15) is 4.70 Å². The van der Waals surface area contributed by atoms with Crippen LogP contribution in [0.4, 0.5) is 0 Å². The zero-order chi connectivity index (χ0) is 14.7. The Morgan fingerprint density at radius 2 is 1.73 bits per heavy atom. The van der Waals surface area contributed by atoms with Gasteiger partial charge in [0.05, 0.1) is 0 Å². The number of benzene rings is 2. The van der Waals surface area contributed by atoms with Crippen LogP contribution in [-0.2, 0) is 11.3 Å². The molecule has 0 spiro atoms. The number of rotatable bonds is 4. The maximum absolute atomic E-state index is 11.1. The SMILES string of the molecule is Br.O=C(O)C[n+]1c(/C=C/c2ccccc2)sc2ccccc21. The Kier molecular flexibility index (Phi) is 5.46. The summed E-state index contributed by atoms with van der Waals surface area (Å²) < 4.78 is 2.92. The van der Waals surface area contributed by atoms with Crippen molar-refractivity contribution in [1.82, 2.24) is 0 Å². The van der Waals surface area contributed by atoms with E-state index in [2.05, 4.69) is 0 Å². The van der Waals surface area contributed by atoms with Crippen LogP contribution in [0.2, 0.25) is 0 Å². The summed E-state index contributed by atoms with van der Waals surface area (Å²) in [6.07, 6.45) is 3.98. The topological polar surface area (TPSA) is 41.2 Å². The summed E-state index contributed by atoms with van der Waals surface area (Å²) in [5.41, 5.74) is 2.05. The molecule has 2 aromatic carbocycles. The van der Waals surface area contributed by atoms with Gasteiger partial charge in [0.15, 0.2) is 0 Å². The second kappa shape index (κ2) is 7.33. The zero-order valence-electron chi connectivity index (χ0n) is 11.7. The lowest BCUT2D eigenvalue weighted by Gasteiger charge is -1.93. The van der Waals surface area contributed by atoms with Crippen LogP contribution >= 0.6 is 28.3 Å². The van der Waals surface area contributed by atoms with Crippen LogP contribution in [0.1, 0.15) is 10.6 Å². The molecular weight excluding hydrogens is 362 g/mol. The number of halogens is 1. The number of para-hydroxylation sites is 1. The van der Waals surface area contributed by atoms with Crippen molar-refractivity contribution in [3.8, 4) is 0 Å². The molecule has 1 aromatic heterocycles. The maximum atomic E-state index is 11.1. The van der Waals surface area contributed by atoms with Gasteiger partial charge in [-0.05, 0) is 17.7 Å². The highest BCUT2D eigenvalue weighted by Crippen LogP contribution is 2.21. The van der Waals surface area contributed by atoms with Gasteiger partial charge in [-0.25, -0.2) is 4.79 Å². The van der Waals surface area contributed by atoms with Crippen LogP contribution in [0.3, 0.4) is 0 Å². The van der Waals surface area contributed by atoms with Crippen LogP contribution < -0.4 is 4.57 Å². The van der Waals surface area contributed by atoms with Crippen molar-refractivity contribution in [2.24, 2.45) is 0 Å². The fourth-order valence-corrected chi connectivity index (χ4v) is 3.27. The molecule has 0 atom stereocenters. The molecule has 0 radical (unpaired) electrons. The highest BCUT2D eigenvalue weighted by molar-refractivity contribution is 8.93. The van der Waals surface area contributed by atoms with E-state index in [0.29, 0.717) is 0 Å². The van der Waals surface area contributed by atoms with E-state index in [1.807, 2.05) is 71.3 Å². The molecule has 0 amide bonds. The predicted molar refractivity (Wildman–Crippen MR) is 95.3 cm³/mol. The normalized spacial score (nSPS) is 10.7. The summed E-state index contributed by atoms with van der Waals surface area (Å²) in [5.74, 6) is -0.835. The predicted octanol–water partition coefficient (Wildman–Crippen LogP) is 4.02.